The molecule has 0 aromatic carbocycles. The van der Waals surface area contributed by atoms with Crippen molar-refractivity contribution in [3.05, 3.63) is 25.3 Å². The van der Waals surface area contributed by atoms with Crippen molar-refractivity contribution in [2.75, 3.05) is 6.54 Å². The highest BCUT2D eigenvalue weighted by molar-refractivity contribution is 5.73. The summed E-state index contributed by atoms with van der Waals surface area (Å²) in [6.45, 7) is 11.8. The van der Waals surface area contributed by atoms with Crippen molar-refractivity contribution in [1.82, 2.24) is 4.90 Å². The van der Waals surface area contributed by atoms with Gasteiger partial charge in [-0.15, -0.1) is 13.2 Å². The first-order valence-electron chi connectivity index (χ1n) is 5.66. The predicted octanol–water partition coefficient (Wildman–Crippen LogP) is 3.16. The van der Waals surface area contributed by atoms with Crippen molar-refractivity contribution in [2.24, 2.45) is 0 Å². The predicted molar refractivity (Wildman–Crippen MR) is 65.7 cm³/mol. The van der Waals surface area contributed by atoms with E-state index >= 15 is 0 Å². The van der Waals surface area contributed by atoms with Crippen LogP contribution in [0.5, 0.6) is 0 Å². The number of amides is 1. The van der Waals surface area contributed by atoms with Crippen LogP contribution in [-0.2, 0) is 4.79 Å². The molecular formula is C13H23NO. The van der Waals surface area contributed by atoms with Crippen LogP contribution in [0.4, 0.5) is 0 Å². The molecule has 0 saturated carbocycles. The Balaban J connectivity index is 0.000000423. The van der Waals surface area contributed by atoms with Crippen LogP contribution in [-0.4, -0.2) is 23.4 Å². The number of nitrogens with zero attached hydrogens (tertiary/aromatic N) is 1. The zero-order chi connectivity index (χ0) is 11.7. The van der Waals surface area contributed by atoms with Crippen LogP contribution in [0.3, 0.4) is 0 Å². The van der Waals surface area contributed by atoms with Crippen molar-refractivity contribution in [2.45, 2.75) is 45.6 Å². The fraction of sp³-hybridized carbons (Fsp3) is 0.615. The van der Waals surface area contributed by atoms with Crippen LogP contribution < -0.4 is 0 Å². The molecule has 1 atom stereocenters. The first-order valence-corrected chi connectivity index (χ1v) is 5.66. The zero-order valence-corrected chi connectivity index (χ0v) is 10.0. The second-order valence-corrected chi connectivity index (χ2v) is 3.73. The summed E-state index contributed by atoms with van der Waals surface area (Å²) in [6.07, 6.45) is 8.09. The molecule has 15 heavy (non-hydrogen) atoms. The van der Waals surface area contributed by atoms with Crippen molar-refractivity contribution in [1.29, 1.82) is 0 Å². The van der Waals surface area contributed by atoms with Gasteiger partial charge in [-0.2, -0.15) is 0 Å². The minimum absolute atomic E-state index is 0.203. The third kappa shape index (κ3) is 5.40. The summed E-state index contributed by atoms with van der Waals surface area (Å²) in [7, 11) is 0. The Hall–Kier alpha value is -1.05. The van der Waals surface area contributed by atoms with E-state index < -0.39 is 0 Å². The monoisotopic (exact) mass is 209 g/mol. The number of rotatable bonds is 3. The summed E-state index contributed by atoms with van der Waals surface area (Å²) >= 11 is 0. The van der Waals surface area contributed by atoms with Crippen LogP contribution >= 0.6 is 0 Å². The largest absolute Gasteiger partial charge is 0.340 e. The van der Waals surface area contributed by atoms with E-state index in [4.69, 9.17) is 0 Å². The molecule has 1 fully saturated rings. The molecule has 0 aliphatic carbocycles. The zero-order valence-electron chi connectivity index (χ0n) is 10.0. The maximum atomic E-state index is 11.0. The van der Waals surface area contributed by atoms with E-state index in [1.807, 2.05) is 17.1 Å². The first-order chi connectivity index (χ1) is 7.17. The van der Waals surface area contributed by atoms with Gasteiger partial charge in [-0.05, 0) is 25.7 Å². The van der Waals surface area contributed by atoms with Gasteiger partial charge in [0.15, 0.2) is 0 Å². The number of hydrogen-bond donors (Lipinski definition) is 0. The van der Waals surface area contributed by atoms with Gasteiger partial charge in [0, 0.05) is 19.5 Å². The normalized spacial score (nSPS) is 19.1. The van der Waals surface area contributed by atoms with Gasteiger partial charge in [0.2, 0.25) is 5.91 Å². The average molecular weight is 209 g/mol. The number of allylic oxidation sites excluding steroid dienone is 1. The van der Waals surface area contributed by atoms with Crippen molar-refractivity contribution in [3.8, 4) is 0 Å². The maximum Gasteiger partial charge on any atom is 0.219 e. The highest BCUT2D eigenvalue weighted by atomic mass is 16.2. The molecule has 1 rings (SSSR count). The molecule has 0 bridgehead atoms. The van der Waals surface area contributed by atoms with E-state index in [0.29, 0.717) is 6.04 Å². The topological polar surface area (TPSA) is 20.3 Å². The van der Waals surface area contributed by atoms with E-state index in [1.54, 1.807) is 6.92 Å². The lowest BCUT2D eigenvalue weighted by Crippen LogP contribution is -2.33. The molecule has 2 nitrogen and oxygen atoms in total. The molecule has 0 aromatic rings. The second kappa shape index (κ2) is 8.27. The number of carbonyl (C=O) groups is 1. The van der Waals surface area contributed by atoms with Gasteiger partial charge < -0.3 is 4.90 Å². The van der Waals surface area contributed by atoms with E-state index in [-0.39, 0.29) is 5.91 Å². The molecule has 0 N–H and O–H groups in total. The molecule has 2 heteroatoms. The highest BCUT2D eigenvalue weighted by Gasteiger charge is 2.24. The molecular weight excluding hydrogens is 186 g/mol. The van der Waals surface area contributed by atoms with Crippen molar-refractivity contribution < 1.29 is 4.79 Å². The molecule has 1 aliphatic heterocycles. The molecule has 0 spiro atoms. The van der Waals surface area contributed by atoms with E-state index in [9.17, 15) is 4.79 Å². The molecule has 0 aromatic heterocycles. The first kappa shape index (κ1) is 13.9. The molecule has 1 saturated heterocycles. The van der Waals surface area contributed by atoms with Crippen molar-refractivity contribution in [3.63, 3.8) is 0 Å². The lowest BCUT2D eigenvalue weighted by molar-refractivity contribution is -0.129. The maximum absolute atomic E-state index is 11.0. The lowest BCUT2D eigenvalue weighted by atomic mass is 10.1. The Kier molecular flexibility index (Phi) is 7.69. The lowest BCUT2D eigenvalue weighted by Gasteiger charge is -2.21. The smallest absolute Gasteiger partial charge is 0.219 e. The van der Waals surface area contributed by atoms with Crippen molar-refractivity contribution >= 4 is 5.91 Å². The summed E-state index contributed by atoms with van der Waals surface area (Å²) in [4.78, 5) is 13.0. The number of carbonyl (C=O) groups excluding carboxylic acids is 1. The van der Waals surface area contributed by atoms with Gasteiger partial charge in [0.1, 0.15) is 0 Å². The van der Waals surface area contributed by atoms with Crippen LogP contribution in [0.15, 0.2) is 25.3 Å². The quantitative estimate of drug-likeness (QED) is 0.654. The minimum Gasteiger partial charge on any atom is -0.340 e. The molecule has 0 radical (unpaired) electrons. The summed E-state index contributed by atoms with van der Waals surface area (Å²) in [5.41, 5.74) is 0. The Morgan fingerprint density at radius 1 is 1.47 bits per heavy atom. The van der Waals surface area contributed by atoms with Crippen LogP contribution in [0.1, 0.15) is 39.5 Å². The van der Waals surface area contributed by atoms with Crippen LogP contribution in [0.2, 0.25) is 0 Å². The van der Waals surface area contributed by atoms with Gasteiger partial charge in [-0.25, -0.2) is 0 Å². The van der Waals surface area contributed by atoms with Crippen LogP contribution in [0.25, 0.3) is 0 Å². The third-order valence-corrected chi connectivity index (χ3v) is 2.51. The standard InChI is InChI=1S/C9H15NO.C4H8/c1-3-5-9-6-4-7-10(9)8(2)11;1-3-4-2/h3,9H,1,4-7H2,2H3;3H,1,4H2,2H3. The third-order valence-electron chi connectivity index (χ3n) is 2.51. The molecule has 1 unspecified atom stereocenters. The fourth-order valence-electron chi connectivity index (χ4n) is 1.69. The SMILES string of the molecule is C=CCC.C=CCC1CCCN1C(C)=O. The molecule has 1 amide bonds. The number of hydrogen-bond acceptors (Lipinski definition) is 1. The van der Waals surface area contributed by atoms with Crippen LogP contribution in [0, 0.1) is 0 Å². The molecule has 1 heterocycles. The Bertz CT molecular complexity index is 211. The average Bonchev–Trinajstić information content (AvgIpc) is 2.67. The van der Waals surface area contributed by atoms with E-state index in [1.165, 1.54) is 0 Å². The Labute approximate surface area is 93.7 Å². The fourth-order valence-corrected chi connectivity index (χ4v) is 1.69. The van der Waals surface area contributed by atoms with Gasteiger partial charge in [-0.1, -0.05) is 19.1 Å². The van der Waals surface area contributed by atoms with E-state index in [2.05, 4.69) is 20.1 Å². The second-order valence-electron chi connectivity index (χ2n) is 3.73. The van der Waals surface area contributed by atoms with Gasteiger partial charge >= 0.3 is 0 Å². The highest BCUT2D eigenvalue weighted by Crippen LogP contribution is 2.19. The van der Waals surface area contributed by atoms with Gasteiger partial charge in [-0.3, -0.25) is 4.79 Å². The Morgan fingerprint density at radius 3 is 2.47 bits per heavy atom. The summed E-state index contributed by atoms with van der Waals surface area (Å²) in [5.74, 6) is 0.203. The summed E-state index contributed by atoms with van der Waals surface area (Å²) < 4.78 is 0. The minimum atomic E-state index is 0.203. The summed E-state index contributed by atoms with van der Waals surface area (Å²) in [5, 5.41) is 0. The number of likely N-dealkylation sites (tertiary alicyclic amines) is 1. The molecule has 1 aliphatic rings. The summed E-state index contributed by atoms with van der Waals surface area (Å²) in [6, 6.07) is 0.435. The van der Waals surface area contributed by atoms with Gasteiger partial charge in [0.05, 0.1) is 0 Å². The van der Waals surface area contributed by atoms with E-state index in [0.717, 1.165) is 32.2 Å². The Morgan fingerprint density at radius 2 is 2.07 bits per heavy atom. The molecule has 86 valence electrons. The van der Waals surface area contributed by atoms with Gasteiger partial charge in [0.25, 0.3) is 0 Å².